The molecular formula is C15H21N3O. The highest BCUT2D eigenvalue weighted by Gasteiger charge is 2.11. The number of amides is 1. The van der Waals surface area contributed by atoms with E-state index in [-0.39, 0.29) is 11.9 Å². The number of H-pyrrole nitrogens is 1. The lowest BCUT2D eigenvalue weighted by molar-refractivity contribution is -0.122. The van der Waals surface area contributed by atoms with Crippen LogP contribution in [0.3, 0.4) is 0 Å². The number of hydrogen-bond acceptors (Lipinski definition) is 2. The van der Waals surface area contributed by atoms with Crippen molar-refractivity contribution < 1.29 is 4.79 Å². The molecule has 0 saturated heterocycles. The Balaban J connectivity index is 1.87. The van der Waals surface area contributed by atoms with Crippen molar-refractivity contribution in [1.82, 2.24) is 10.3 Å². The molecule has 0 spiro atoms. The summed E-state index contributed by atoms with van der Waals surface area (Å²) in [6.07, 6.45) is 4.48. The van der Waals surface area contributed by atoms with Gasteiger partial charge in [-0.15, -0.1) is 0 Å². The van der Waals surface area contributed by atoms with Crippen LogP contribution < -0.4 is 11.1 Å². The summed E-state index contributed by atoms with van der Waals surface area (Å²) < 4.78 is 0. The number of para-hydroxylation sites is 1. The Labute approximate surface area is 113 Å². The quantitative estimate of drug-likeness (QED) is 0.742. The van der Waals surface area contributed by atoms with Gasteiger partial charge in [0.15, 0.2) is 0 Å². The molecule has 1 amide bonds. The van der Waals surface area contributed by atoms with Crippen molar-refractivity contribution >= 4 is 16.8 Å². The monoisotopic (exact) mass is 259 g/mol. The van der Waals surface area contributed by atoms with Crippen molar-refractivity contribution in [3.8, 4) is 0 Å². The van der Waals surface area contributed by atoms with E-state index in [1.165, 1.54) is 10.9 Å². The Morgan fingerprint density at radius 3 is 3.00 bits per heavy atom. The Hall–Kier alpha value is -1.81. The summed E-state index contributed by atoms with van der Waals surface area (Å²) in [6, 6.07) is 7.79. The molecule has 0 aliphatic carbocycles. The number of aromatic nitrogens is 1. The molecule has 2 aromatic rings. The van der Waals surface area contributed by atoms with Crippen LogP contribution in [0.2, 0.25) is 0 Å². The molecule has 0 fully saturated rings. The largest absolute Gasteiger partial charge is 0.361 e. The maximum absolute atomic E-state index is 11.7. The zero-order valence-corrected chi connectivity index (χ0v) is 11.3. The SMILES string of the molecule is CCC[C@H](N)C(=O)NCCc1c[nH]c2ccccc12. The fraction of sp³-hybridized carbons (Fsp3) is 0.400. The number of carbonyl (C=O) groups excluding carboxylic acids is 1. The first-order chi connectivity index (χ1) is 9.22. The van der Waals surface area contributed by atoms with Gasteiger partial charge in [-0.05, 0) is 24.5 Å². The molecule has 2 rings (SSSR count). The van der Waals surface area contributed by atoms with Gasteiger partial charge in [0.2, 0.25) is 5.91 Å². The second kappa shape index (κ2) is 6.38. The summed E-state index contributed by atoms with van der Waals surface area (Å²) in [7, 11) is 0. The van der Waals surface area contributed by atoms with Crippen molar-refractivity contribution in [2.45, 2.75) is 32.2 Å². The molecule has 0 saturated carbocycles. The molecule has 1 aromatic carbocycles. The molecule has 4 heteroatoms. The highest BCUT2D eigenvalue weighted by Crippen LogP contribution is 2.17. The van der Waals surface area contributed by atoms with Crippen LogP contribution in [0.15, 0.2) is 30.5 Å². The topological polar surface area (TPSA) is 70.9 Å². The van der Waals surface area contributed by atoms with Crippen molar-refractivity contribution in [2.24, 2.45) is 5.73 Å². The van der Waals surface area contributed by atoms with Crippen molar-refractivity contribution in [1.29, 1.82) is 0 Å². The summed E-state index contributed by atoms with van der Waals surface area (Å²) in [5.41, 5.74) is 8.11. The lowest BCUT2D eigenvalue weighted by Crippen LogP contribution is -2.41. The van der Waals surface area contributed by atoms with Gasteiger partial charge in [-0.25, -0.2) is 0 Å². The van der Waals surface area contributed by atoms with E-state index in [1.54, 1.807) is 0 Å². The van der Waals surface area contributed by atoms with Crippen LogP contribution in [-0.2, 0) is 11.2 Å². The van der Waals surface area contributed by atoms with E-state index in [0.29, 0.717) is 6.54 Å². The van der Waals surface area contributed by atoms with Crippen LogP contribution in [0.1, 0.15) is 25.3 Å². The number of benzene rings is 1. The molecule has 1 atom stereocenters. The average molecular weight is 259 g/mol. The van der Waals surface area contributed by atoms with Gasteiger partial charge >= 0.3 is 0 Å². The smallest absolute Gasteiger partial charge is 0.236 e. The third-order valence-corrected chi connectivity index (χ3v) is 3.30. The number of rotatable bonds is 6. The van der Waals surface area contributed by atoms with E-state index in [1.807, 2.05) is 25.3 Å². The summed E-state index contributed by atoms with van der Waals surface area (Å²) in [5, 5.41) is 4.11. The second-order valence-corrected chi connectivity index (χ2v) is 4.80. The molecule has 4 N–H and O–H groups in total. The molecule has 0 aliphatic heterocycles. The van der Waals surface area contributed by atoms with Crippen molar-refractivity contribution in [2.75, 3.05) is 6.54 Å². The number of aromatic amines is 1. The number of nitrogens with two attached hydrogens (primary N) is 1. The number of nitrogens with one attached hydrogen (secondary N) is 2. The van der Waals surface area contributed by atoms with Crippen LogP contribution in [-0.4, -0.2) is 23.5 Å². The zero-order valence-electron chi connectivity index (χ0n) is 11.3. The molecule has 1 heterocycles. The maximum Gasteiger partial charge on any atom is 0.236 e. The molecule has 19 heavy (non-hydrogen) atoms. The van der Waals surface area contributed by atoms with Gasteiger partial charge in [0.25, 0.3) is 0 Å². The second-order valence-electron chi connectivity index (χ2n) is 4.80. The third kappa shape index (κ3) is 3.35. The van der Waals surface area contributed by atoms with Crippen LogP contribution in [0.5, 0.6) is 0 Å². The summed E-state index contributed by atoms with van der Waals surface area (Å²) in [4.78, 5) is 14.9. The van der Waals surface area contributed by atoms with Gasteiger partial charge < -0.3 is 16.0 Å². The zero-order chi connectivity index (χ0) is 13.7. The van der Waals surface area contributed by atoms with Gasteiger partial charge in [0.1, 0.15) is 0 Å². The first-order valence-electron chi connectivity index (χ1n) is 6.80. The van der Waals surface area contributed by atoms with E-state index in [9.17, 15) is 4.79 Å². The number of carbonyl (C=O) groups is 1. The van der Waals surface area contributed by atoms with Crippen LogP contribution >= 0.6 is 0 Å². The van der Waals surface area contributed by atoms with E-state index >= 15 is 0 Å². The molecule has 1 aromatic heterocycles. The molecular weight excluding hydrogens is 238 g/mol. The van der Waals surface area contributed by atoms with Crippen molar-refractivity contribution in [3.05, 3.63) is 36.0 Å². The summed E-state index contributed by atoms with van der Waals surface area (Å²) in [6.45, 7) is 2.65. The maximum atomic E-state index is 11.7. The number of hydrogen-bond donors (Lipinski definition) is 3. The van der Waals surface area contributed by atoms with E-state index in [0.717, 1.165) is 24.8 Å². The van der Waals surface area contributed by atoms with Gasteiger partial charge in [-0.2, -0.15) is 0 Å². The standard InChI is InChI=1S/C15H21N3O/c1-2-5-13(16)15(19)17-9-8-11-10-18-14-7-4-3-6-12(11)14/h3-4,6-7,10,13,18H,2,5,8-9,16H2,1H3,(H,17,19)/t13-/m0/s1. The molecule has 102 valence electrons. The predicted octanol–water partition coefficient (Wildman–Crippen LogP) is 1.95. The van der Waals surface area contributed by atoms with Crippen LogP contribution in [0, 0.1) is 0 Å². The average Bonchev–Trinajstić information content (AvgIpc) is 2.82. The molecule has 0 aliphatic rings. The fourth-order valence-electron chi connectivity index (χ4n) is 2.23. The Kier molecular flexibility index (Phi) is 4.58. The Morgan fingerprint density at radius 1 is 1.42 bits per heavy atom. The first-order valence-corrected chi connectivity index (χ1v) is 6.80. The highest BCUT2D eigenvalue weighted by atomic mass is 16.2. The minimum absolute atomic E-state index is 0.0540. The van der Waals surface area contributed by atoms with E-state index < -0.39 is 0 Å². The third-order valence-electron chi connectivity index (χ3n) is 3.30. The predicted molar refractivity (Wildman–Crippen MR) is 77.9 cm³/mol. The number of fused-ring (bicyclic) bond motifs is 1. The molecule has 0 bridgehead atoms. The summed E-state index contributed by atoms with van der Waals surface area (Å²) >= 11 is 0. The fourth-order valence-corrected chi connectivity index (χ4v) is 2.23. The van der Waals surface area contributed by atoms with E-state index in [4.69, 9.17) is 5.73 Å². The molecule has 0 radical (unpaired) electrons. The highest BCUT2D eigenvalue weighted by molar-refractivity contribution is 5.83. The first kappa shape index (κ1) is 13.6. The van der Waals surface area contributed by atoms with Crippen LogP contribution in [0.4, 0.5) is 0 Å². The van der Waals surface area contributed by atoms with Crippen LogP contribution in [0.25, 0.3) is 10.9 Å². The minimum Gasteiger partial charge on any atom is -0.361 e. The molecule has 4 nitrogen and oxygen atoms in total. The van der Waals surface area contributed by atoms with Gasteiger partial charge in [-0.3, -0.25) is 4.79 Å². The minimum atomic E-state index is -0.382. The van der Waals surface area contributed by atoms with Crippen molar-refractivity contribution in [3.63, 3.8) is 0 Å². The Bertz CT molecular complexity index is 547. The van der Waals surface area contributed by atoms with E-state index in [2.05, 4.69) is 22.4 Å². The van der Waals surface area contributed by atoms with Gasteiger partial charge in [0, 0.05) is 23.6 Å². The molecule has 0 unspecified atom stereocenters. The normalized spacial score (nSPS) is 12.5. The lowest BCUT2D eigenvalue weighted by Gasteiger charge is -2.10. The summed E-state index contributed by atoms with van der Waals surface area (Å²) in [5.74, 6) is -0.0540. The van der Waals surface area contributed by atoms with Gasteiger partial charge in [0.05, 0.1) is 6.04 Å². The Morgan fingerprint density at radius 2 is 2.21 bits per heavy atom. The lowest BCUT2D eigenvalue weighted by atomic mass is 10.1. The van der Waals surface area contributed by atoms with Gasteiger partial charge in [-0.1, -0.05) is 31.5 Å².